The molecule has 0 saturated carbocycles. The number of rotatable bonds is 9. The number of hydrogen-bond acceptors (Lipinski definition) is 3. The summed E-state index contributed by atoms with van der Waals surface area (Å²) in [4.78, 5) is 3.38. The molecule has 0 saturated heterocycles. The van der Waals surface area contributed by atoms with E-state index in [1.807, 2.05) is 66.7 Å². The van der Waals surface area contributed by atoms with E-state index in [1.54, 1.807) is 0 Å². The second-order valence-electron chi connectivity index (χ2n) is 8.43. The van der Waals surface area contributed by atoms with Crippen LogP contribution < -0.4 is 14.8 Å². The molecule has 5 aromatic rings. The molecule has 0 radical (unpaired) electrons. The molecule has 4 heteroatoms. The Kier molecular flexibility index (Phi) is 6.59. The van der Waals surface area contributed by atoms with Gasteiger partial charge in [0.15, 0.2) is 0 Å². The molecule has 5 rings (SSSR count). The van der Waals surface area contributed by atoms with Crippen molar-refractivity contribution >= 4 is 10.9 Å². The van der Waals surface area contributed by atoms with E-state index in [0.717, 1.165) is 48.0 Å². The van der Waals surface area contributed by atoms with Gasteiger partial charge in [-0.1, -0.05) is 42.5 Å². The fraction of sp³-hybridized carbons (Fsp3) is 0.133. The second kappa shape index (κ2) is 10.3. The number of ether oxygens (including phenoxy) is 2. The molecule has 34 heavy (non-hydrogen) atoms. The summed E-state index contributed by atoms with van der Waals surface area (Å²) >= 11 is 0. The summed E-state index contributed by atoms with van der Waals surface area (Å²) < 4.78 is 12.0. The molecule has 0 spiro atoms. The number of nitrogens with one attached hydrogen (secondary N) is 2. The van der Waals surface area contributed by atoms with Crippen LogP contribution in [-0.4, -0.2) is 11.5 Å². The number of H-pyrrole nitrogens is 1. The molecular weight excluding hydrogens is 420 g/mol. The van der Waals surface area contributed by atoms with Crippen LogP contribution in [0.25, 0.3) is 10.9 Å². The topological polar surface area (TPSA) is 46.3 Å². The zero-order chi connectivity index (χ0) is 23.2. The molecular formula is C30H28N2O2. The Hall–Kier alpha value is -4.02. The summed E-state index contributed by atoms with van der Waals surface area (Å²) in [5.41, 5.74) is 4.78. The summed E-state index contributed by atoms with van der Waals surface area (Å²) in [6, 6.07) is 32.4. The third kappa shape index (κ3) is 5.48. The minimum absolute atomic E-state index is 0.788. The molecule has 2 N–H and O–H groups in total. The molecule has 0 atom stereocenters. The van der Waals surface area contributed by atoms with Crippen molar-refractivity contribution in [2.24, 2.45) is 0 Å². The van der Waals surface area contributed by atoms with Crippen molar-refractivity contribution in [1.82, 2.24) is 10.3 Å². The molecule has 0 aliphatic carbocycles. The van der Waals surface area contributed by atoms with E-state index in [0.29, 0.717) is 0 Å². The molecule has 0 aliphatic heterocycles. The fourth-order valence-corrected chi connectivity index (χ4v) is 4.04. The monoisotopic (exact) mass is 448 g/mol. The van der Waals surface area contributed by atoms with Gasteiger partial charge in [-0.3, -0.25) is 0 Å². The summed E-state index contributed by atoms with van der Waals surface area (Å²) in [5, 5.41) is 4.75. The van der Waals surface area contributed by atoms with E-state index < -0.39 is 0 Å². The van der Waals surface area contributed by atoms with Crippen LogP contribution in [-0.2, 0) is 13.0 Å². The molecule has 0 bridgehead atoms. The lowest BCUT2D eigenvalue weighted by Gasteiger charge is -2.09. The first-order chi connectivity index (χ1) is 16.7. The van der Waals surface area contributed by atoms with E-state index in [-0.39, 0.29) is 0 Å². The van der Waals surface area contributed by atoms with Crippen molar-refractivity contribution in [2.45, 2.75) is 19.9 Å². The zero-order valence-corrected chi connectivity index (χ0v) is 19.3. The SMILES string of the molecule is Cc1cccc(Oc2ccc3[nH]cc(CCNCc4cccc(Oc5ccccc5)c4)c3c2)c1. The predicted molar refractivity (Wildman–Crippen MR) is 138 cm³/mol. The van der Waals surface area contributed by atoms with Crippen molar-refractivity contribution in [3.8, 4) is 23.0 Å². The van der Waals surface area contributed by atoms with E-state index in [9.17, 15) is 0 Å². The Morgan fingerprint density at radius 1 is 0.706 bits per heavy atom. The Morgan fingerprint density at radius 2 is 1.44 bits per heavy atom. The third-order valence-corrected chi connectivity index (χ3v) is 5.74. The highest BCUT2D eigenvalue weighted by Crippen LogP contribution is 2.28. The number of aromatic nitrogens is 1. The maximum atomic E-state index is 6.09. The van der Waals surface area contributed by atoms with Gasteiger partial charge in [0.2, 0.25) is 0 Å². The Balaban J connectivity index is 1.18. The predicted octanol–water partition coefficient (Wildman–Crippen LogP) is 7.39. The van der Waals surface area contributed by atoms with Gasteiger partial charge in [-0.05, 0) is 91.2 Å². The Morgan fingerprint density at radius 3 is 2.29 bits per heavy atom. The first-order valence-corrected chi connectivity index (χ1v) is 11.6. The number of aryl methyl sites for hydroxylation is 1. The Bertz CT molecular complexity index is 1380. The minimum atomic E-state index is 0.788. The van der Waals surface area contributed by atoms with E-state index >= 15 is 0 Å². The van der Waals surface area contributed by atoms with Crippen LogP contribution in [0.15, 0.2) is 103 Å². The fourth-order valence-electron chi connectivity index (χ4n) is 4.04. The number of fused-ring (bicyclic) bond motifs is 1. The number of aromatic amines is 1. The lowest BCUT2D eigenvalue weighted by atomic mass is 10.1. The van der Waals surface area contributed by atoms with E-state index in [4.69, 9.17) is 9.47 Å². The molecule has 4 nitrogen and oxygen atoms in total. The van der Waals surface area contributed by atoms with Gasteiger partial charge in [-0.2, -0.15) is 0 Å². The molecule has 0 amide bonds. The summed E-state index contributed by atoms with van der Waals surface area (Å²) in [5.74, 6) is 3.40. The smallest absolute Gasteiger partial charge is 0.128 e. The summed E-state index contributed by atoms with van der Waals surface area (Å²) in [6.07, 6.45) is 3.02. The number of para-hydroxylation sites is 1. The van der Waals surface area contributed by atoms with Crippen molar-refractivity contribution in [2.75, 3.05) is 6.54 Å². The largest absolute Gasteiger partial charge is 0.457 e. The maximum Gasteiger partial charge on any atom is 0.128 e. The first-order valence-electron chi connectivity index (χ1n) is 11.6. The molecule has 1 heterocycles. The number of hydrogen-bond donors (Lipinski definition) is 2. The first kappa shape index (κ1) is 21.8. The van der Waals surface area contributed by atoms with Crippen LogP contribution in [0.2, 0.25) is 0 Å². The molecule has 4 aromatic carbocycles. The van der Waals surface area contributed by atoms with Gasteiger partial charge in [0, 0.05) is 23.6 Å². The van der Waals surface area contributed by atoms with Crippen molar-refractivity contribution in [1.29, 1.82) is 0 Å². The van der Waals surface area contributed by atoms with Gasteiger partial charge in [0.05, 0.1) is 0 Å². The lowest BCUT2D eigenvalue weighted by Crippen LogP contribution is -2.16. The van der Waals surface area contributed by atoms with Crippen LogP contribution in [0.5, 0.6) is 23.0 Å². The van der Waals surface area contributed by atoms with E-state index in [1.165, 1.54) is 22.1 Å². The molecule has 170 valence electrons. The van der Waals surface area contributed by atoms with Gasteiger partial charge >= 0.3 is 0 Å². The van der Waals surface area contributed by atoms with Crippen LogP contribution in [0.1, 0.15) is 16.7 Å². The summed E-state index contributed by atoms with van der Waals surface area (Å²) in [6.45, 7) is 3.73. The van der Waals surface area contributed by atoms with E-state index in [2.05, 4.69) is 53.8 Å². The highest BCUT2D eigenvalue weighted by atomic mass is 16.5. The molecule has 0 fully saturated rings. The lowest BCUT2D eigenvalue weighted by molar-refractivity contribution is 0.481. The highest BCUT2D eigenvalue weighted by Gasteiger charge is 2.07. The van der Waals surface area contributed by atoms with Crippen LogP contribution in [0, 0.1) is 6.92 Å². The van der Waals surface area contributed by atoms with Crippen molar-refractivity contribution < 1.29 is 9.47 Å². The van der Waals surface area contributed by atoms with Crippen LogP contribution >= 0.6 is 0 Å². The van der Waals surface area contributed by atoms with Gasteiger partial charge in [-0.25, -0.2) is 0 Å². The third-order valence-electron chi connectivity index (χ3n) is 5.74. The summed E-state index contributed by atoms with van der Waals surface area (Å²) in [7, 11) is 0. The zero-order valence-electron chi connectivity index (χ0n) is 19.3. The molecule has 0 unspecified atom stereocenters. The van der Waals surface area contributed by atoms with Crippen molar-refractivity contribution in [3.05, 3.63) is 120 Å². The second-order valence-corrected chi connectivity index (χ2v) is 8.43. The molecule has 0 aliphatic rings. The quantitative estimate of drug-likeness (QED) is 0.231. The van der Waals surface area contributed by atoms with Crippen LogP contribution in [0.3, 0.4) is 0 Å². The van der Waals surface area contributed by atoms with Gasteiger partial charge in [0.1, 0.15) is 23.0 Å². The standard InChI is InChI=1S/C30H28N2O2/c1-22-7-5-11-26(17-22)34-28-13-14-30-29(19-28)24(21-32-30)15-16-31-20-23-8-6-12-27(18-23)33-25-9-3-2-4-10-25/h2-14,17-19,21,31-32H,15-16,20H2,1H3. The molecule has 1 aromatic heterocycles. The average Bonchev–Trinajstić information content (AvgIpc) is 3.25. The number of benzene rings is 4. The highest BCUT2D eigenvalue weighted by molar-refractivity contribution is 5.84. The van der Waals surface area contributed by atoms with Gasteiger partial charge in [-0.15, -0.1) is 0 Å². The maximum absolute atomic E-state index is 6.09. The van der Waals surface area contributed by atoms with Gasteiger partial charge in [0.25, 0.3) is 0 Å². The van der Waals surface area contributed by atoms with Crippen molar-refractivity contribution in [3.63, 3.8) is 0 Å². The van der Waals surface area contributed by atoms with Crippen LogP contribution in [0.4, 0.5) is 0 Å². The minimum Gasteiger partial charge on any atom is -0.457 e. The Labute approximate surface area is 200 Å². The normalized spacial score (nSPS) is 11.0. The average molecular weight is 449 g/mol. The van der Waals surface area contributed by atoms with Gasteiger partial charge < -0.3 is 19.8 Å².